The van der Waals surface area contributed by atoms with Crippen LogP contribution >= 0.6 is 23.4 Å². The van der Waals surface area contributed by atoms with Crippen LogP contribution in [0.5, 0.6) is 0 Å². The van der Waals surface area contributed by atoms with Crippen LogP contribution in [0.1, 0.15) is 24.2 Å². The second kappa shape index (κ2) is 6.13. The second-order valence-corrected chi connectivity index (χ2v) is 6.13. The first-order chi connectivity index (χ1) is 9.70. The van der Waals surface area contributed by atoms with Crippen LogP contribution in [0.3, 0.4) is 0 Å². The number of benzene rings is 1. The van der Waals surface area contributed by atoms with Gasteiger partial charge >= 0.3 is 0 Å². The lowest BCUT2D eigenvalue weighted by atomic mass is 10.2. The van der Waals surface area contributed by atoms with Gasteiger partial charge in [0.05, 0.1) is 17.9 Å². The van der Waals surface area contributed by atoms with Crippen LogP contribution in [0, 0.1) is 0 Å². The smallest absolute Gasteiger partial charge is 0.243 e. The van der Waals surface area contributed by atoms with Gasteiger partial charge < -0.3 is 14.9 Å². The first-order valence-electron chi connectivity index (χ1n) is 6.33. The maximum absolute atomic E-state index is 9.47. The highest BCUT2D eigenvalue weighted by Gasteiger charge is 2.27. The number of aromatic nitrogens is 2. The van der Waals surface area contributed by atoms with Gasteiger partial charge in [0, 0.05) is 16.5 Å². The molecular formula is C13H14ClN3O2S. The number of thioether (sulfide) groups is 1. The van der Waals surface area contributed by atoms with Gasteiger partial charge in [0.25, 0.3) is 0 Å². The average Bonchev–Trinajstić information content (AvgIpc) is 3.07. The minimum absolute atomic E-state index is 0.0354. The fourth-order valence-electron chi connectivity index (χ4n) is 2.05. The molecule has 0 aliphatic carbocycles. The number of rotatable bonds is 4. The van der Waals surface area contributed by atoms with E-state index >= 15 is 0 Å². The molecule has 1 unspecified atom stereocenters. The Labute approximate surface area is 125 Å². The topological polar surface area (TPSA) is 71.2 Å². The predicted molar refractivity (Wildman–Crippen MR) is 76.7 cm³/mol. The van der Waals surface area contributed by atoms with Crippen molar-refractivity contribution < 1.29 is 9.63 Å². The second-order valence-electron chi connectivity index (χ2n) is 4.64. The van der Waals surface area contributed by atoms with E-state index in [2.05, 4.69) is 15.5 Å². The van der Waals surface area contributed by atoms with Crippen LogP contribution in [0.2, 0.25) is 5.02 Å². The van der Waals surface area contributed by atoms with Gasteiger partial charge in [-0.2, -0.15) is 4.98 Å². The lowest BCUT2D eigenvalue weighted by Gasteiger charge is -2.01. The first-order valence-corrected chi connectivity index (χ1v) is 7.69. The molecule has 1 aromatic carbocycles. The molecule has 1 saturated heterocycles. The van der Waals surface area contributed by atoms with E-state index in [4.69, 9.17) is 16.1 Å². The molecule has 106 valence electrons. The highest BCUT2D eigenvalue weighted by molar-refractivity contribution is 7.98. The Balaban J connectivity index is 1.58. The molecule has 20 heavy (non-hydrogen) atoms. The third-order valence-corrected chi connectivity index (χ3v) is 4.33. The van der Waals surface area contributed by atoms with Gasteiger partial charge in [-0.25, -0.2) is 0 Å². The number of hydrogen-bond acceptors (Lipinski definition) is 6. The molecule has 1 aromatic heterocycles. The standard InChI is InChI=1S/C13H14ClN3O2S/c14-8-1-3-10(4-2-8)20-7-12-16-13(19-17-12)11-5-9(18)6-15-11/h1-4,9,11,15,18H,5-7H2/t9?,11-/m0/s1. The summed E-state index contributed by atoms with van der Waals surface area (Å²) in [7, 11) is 0. The quantitative estimate of drug-likeness (QED) is 0.845. The Bertz CT molecular complexity index is 575. The molecule has 1 aliphatic rings. The summed E-state index contributed by atoms with van der Waals surface area (Å²) >= 11 is 7.47. The van der Waals surface area contributed by atoms with E-state index in [-0.39, 0.29) is 12.1 Å². The number of hydrogen-bond donors (Lipinski definition) is 2. The van der Waals surface area contributed by atoms with E-state index in [9.17, 15) is 5.11 Å². The maximum atomic E-state index is 9.47. The fraction of sp³-hybridized carbons (Fsp3) is 0.385. The maximum Gasteiger partial charge on any atom is 0.243 e. The molecule has 0 bridgehead atoms. The van der Waals surface area contributed by atoms with Gasteiger partial charge in [-0.05, 0) is 30.7 Å². The Morgan fingerprint density at radius 1 is 1.40 bits per heavy atom. The van der Waals surface area contributed by atoms with Crippen molar-refractivity contribution in [3.63, 3.8) is 0 Å². The number of β-amino-alcohol motifs (C(OH)–C–C–N with tert-alkyl or cyclic N) is 1. The lowest BCUT2D eigenvalue weighted by molar-refractivity contribution is 0.191. The molecule has 7 heteroatoms. The Kier molecular flexibility index (Phi) is 4.26. The zero-order chi connectivity index (χ0) is 13.9. The lowest BCUT2D eigenvalue weighted by Crippen LogP contribution is -2.15. The Hall–Kier alpha value is -1.08. The van der Waals surface area contributed by atoms with Crippen LogP contribution in [0.4, 0.5) is 0 Å². The van der Waals surface area contributed by atoms with Crippen LogP contribution in [0.25, 0.3) is 0 Å². The summed E-state index contributed by atoms with van der Waals surface area (Å²) in [6.07, 6.45) is 0.283. The van der Waals surface area contributed by atoms with E-state index < -0.39 is 0 Å². The summed E-state index contributed by atoms with van der Waals surface area (Å²) < 4.78 is 5.24. The van der Waals surface area contributed by atoms with Gasteiger partial charge in [0.15, 0.2) is 5.82 Å². The summed E-state index contributed by atoms with van der Waals surface area (Å²) in [6, 6.07) is 7.60. The fourth-order valence-corrected chi connectivity index (χ4v) is 2.92. The molecule has 3 rings (SSSR count). The van der Waals surface area contributed by atoms with Gasteiger partial charge in [-0.15, -0.1) is 11.8 Å². The molecule has 2 atom stereocenters. The Morgan fingerprint density at radius 2 is 2.20 bits per heavy atom. The molecule has 1 fully saturated rings. The highest BCUT2D eigenvalue weighted by Crippen LogP contribution is 2.25. The van der Waals surface area contributed by atoms with Crippen molar-refractivity contribution in [2.45, 2.75) is 29.2 Å². The minimum atomic E-state index is -0.334. The summed E-state index contributed by atoms with van der Waals surface area (Å²) in [4.78, 5) is 5.47. The molecule has 2 N–H and O–H groups in total. The molecule has 2 heterocycles. The predicted octanol–water partition coefficient (Wildman–Crippen LogP) is 2.41. The zero-order valence-electron chi connectivity index (χ0n) is 10.6. The molecular weight excluding hydrogens is 298 g/mol. The van der Waals surface area contributed by atoms with Crippen LogP contribution in [0.15, 0.2) is 33.7 Å². The van der Waals surface area contributed by atoms with E-state index in [0.717, 1.165) is 9.92 Å². The van der Waals surface area contributed by atoms with E-state index in [0.29, 0.717) is 30.4 Å². The van der Waals surface area contributed by atoms with Crippen molar-refractivity contribution in [2.24, 2.45) is 0 Å². The number of aliphatic hydroxyl groups is 1. The molecule has 0 spiro atoms. The number of nitrogens with one attached hydrogen (secondary N) is 1. The summed E-state index contributed by atoms with van der Waals surface area (Å²) in [6.45, 7) is 0.571. The molecule has 5 nitrogen and oxygen atoms in total. The van der Waals surface area contributed by atoms with Crippen LogP contribution in [-0.2, 0) is 5.75 Å². The monoisotopic (exact) mass is 311 g/mol. The third-order valence-electron chi connectivity index (χ3n) is 3.07. The van der Waals surface area contributed by atoms with Gasteiger partial charge in [0.1, 0.15) is 0 Å². The van der Waals surface area contributed by atoms with E-state index in [1.54, 1.807) is 11.8 Å². The van der Waals surface area contributed by atoms with E-state index in [1.807, 2.05) is 24.3 Å². The summed E-state index contributed by atoms with van der Waals surface area (Å²) in [5.41, 5.74) is 0. The normalized spacial score (nSPS) is 22.3. The highest BCUT2D eigenvalue weighted by atomic mass is 35.5. The van der Waals surface area contributed by atoms with Crippen LogP contribution in [-0.4, -0.2) is 27.9 Å². The van der Waals surface area contributed by atoms with Crippen molar-refractivity contribution in [3.8, 4) is 0 Å². The summed E-state index contributed by atoms with van der Waals surface area (Å²) in [5.74, 6) is 1.84. The Morgan fingerprint density at radius 3 is 2.90 bits per heavy atom. The minimum Gasteiger partial charge on any atom is -0.392 e. The van der Waals surface area contributed by atoms with Gasteiger partial charge in [-0.3, -0.25) is 0 Å². The molecule has 0 amide bonds. The molecule has 0 radical (unpaired) electrons. The number of halogens is 1. The van der Waals surface area contributed by atoms with Crippen LogP contribution < -0.4 is 5.32 Å². The molecule has 0 saturated carbocycles. The van der Waals surface area contributed by atoms with Crippen molar-refractivity contribution in [1.82, 2.24) is 15.5 Å². The van der Waals surface area contributed by atoms with E-state index in [1.165, 1.54) is 0 Å². The largest absolute Gasteiger partial charge is 0.392 e. The van der Waals surface area contributed by atoms with Gasteiger partial charge in [0.2, 0.25) is 5.89 Å². The molecule has 2 aromatic rings. The van der Waals surface area contributed by atoms with Crippen molar-refractivity contribution >= 4 is 23.4 Å². The van der Waals surface area contributed by atoms with Crippen molar-refractivity contribution in [2.75, 3.05) is 6.54 Å². The number of nitrogens with zero attached hydrogens (tertiary/aromatic N) is 2. The number of aliphatic hydroxyl groups excluding tert-OH is 1. The first kappa shape index (κ1) is 13.9. The average molecular weight is 312 g/mol. The SMILES string of the molecule is OC1CN[C@H](c2nc(CSc3ccc(Cl)cc3)no2)C1. The summed E-state index contributed by atoms with van der Waals surface area (Å²) in [5, 5.41) is 17.3. The third kappa shape index (κ3) is 3.32. The van der Waals surface area contributed by atoms with Gasteiger partial charge in [-0.1, -0.05) is 16.8 Å². The van der Waals surface area contributed by atoms with Crippen molar-refractivity contribution in [3.05, 3.63) is 41.0 Å². The molecule has 1 aliphatic heterocycles. The zero-order valence-corrected chi connectivity index (χ0v) is 12.2. The van der Waals surface area contributed by atoms with Crippen molar-refractivity contribution in [1.29, 1.82) is 0 Å².